The van der Waals surface area contributed by atoms with Crippen molar-refractivity contribution < 1.29 is 8.83 Å². The van der Waals surface area contributed by atoms with Gasteiger partial charge in [-0.15, -0.1) is 0 Å². The van der Waals surface area contributed by atoms with Gasteiger partial charge >= 0.3 is 0 Å². The van der Waals surface area contributed by atoms with Gasteiger partial charge in [0.15, 0.2) is 6.26 Å². The highest BCUT2D eigenvalue weighted by atomic mass is 16.3. The Morgan fingerprint density at radius 2 is 2.23 bits per heavy atom. The molecular formula is C10H10NO2. The van der Waals surface area contributed by atoms with Crippen molar-refractivity contribution in [2.75, 3.05) is 19.0 Å². The summed E-state index contributed by atoms with van der Waals surface area (Å²) in [6, 6.07) is 3.76. The Kier molecular flexibility index (Phi) is 1.85. The Labute approximate surface area is 76.6 Å². The molecule has 3 nitrogen and oxygen atoms in total. The number of hydrogen-bond donors (Lipinski definition) is 0. The molecule has 0 aliphatic carbocycles. The number of anilines is 1. The van der Waals surface area contributed by atoms with Crippen molar-refractivity contribution in [3.8, 4) is 11.3 Å². The minimum absolute atomic E-state index is 0.775. The summed E-state index contributed by atoms with van der Waals surface area (Å²) in [5, 5.41) is 0. The van der Waals surface area contributed by atoms with Crippen LogP contribution in [0.1, 0.15) is 0 Å². The molecule has 0 saturated carbocycles. The first-order valence-electron chi connectivity index (χ1n) is 3.99. The van der Waals surface area contributed by atoms with Crippen LogP contribution in [-0.2, 0) is 0 Å². The van der Waals surface area contributed by atoms with E-state index >= 15 is 0 Å². The van der Waals surface area contributed by atoms with Gasteiger partial charge in [-0.2, -0.15) is 0 Å². The van der Waals surface area contributed by atoms with E-state index in [0.29, 0.717) is 0 Å². The van der Waals surface area contributed by atoms with E-state index in [9.17, 15) is 0 Å². The second-order valence-corrected chi connectivity index (χ2v) is 3.00. The lowest BCUT2D eigenvalue weighted by atomic mass is 10.2. The van der Waals surface area contributed by atoms with E-state index in [1.165, 1.54) is 0 Å². The first-order chi connectivity index (χ1) is 6.27. The van der Waals surface area contributed by atoms with Crippen molar-refractivity contribution in [1.82, 2.24) is 0 Å². The summed E-state index contributed by atoms with van der Waals surface area (Å²) in [4.78, 5) is 1.98. The lowest BCUT2D eigenvalue weighted by Crippen LogP contribution is -2.06. The zero-order chi connectivity index (χ0) is 9.26. The molecule has 0 aromatic carbocycles. The van der Waals surface area contributed by atoms with Crippen molar-refractivity contribution in [3.05, 3.63) is 30.9 Å². The molecular weight excluding hydrogens is 166 g/mol. The van der Waals surface area contributed by atoms with Gasteiger partial charge in [0, 0.05) is 20.2 Å². The van der Waals surface area contributed by atoms with Crippen LogP contribution < -0.4 is 4.90 Å². The molecule has 0 saturated heterocycles. The van der Waals surface area contributed by atoms with Gasteiger partial charge in [-0.25, -0.2) is 0 Å². The van der Waals surface area contributed by atoms with Crippen molar-refractivity contribution >= 4 is 5.69 Å². The van der Waals surface area contributed by atoms with Crippen molar-refractivity contribution in [2.24, 2.45) is 0 Å². The van der Waals surface area contributed by atoms with Gasteiger partial charge in [-0.3, -0.25) is 0 Å². The first-order valence-corrected chi connectivity index (χ1v) is 3.99. The molecule has 0 spiro atoms. The molecule has 2 aromatic rings. The second-order valence-electron chi connectivity index (χ2n) is 3.00. The number of rotatable bonds is 2. The predicted octanol–water partition coefficient (Wildman–Crippen LogP) is 2.41. The quantitative estimate of drug-likeness (QED) is 0.703. The largest absolute Gasteiger partial charge is 0.462 e. The van der Waals surface area contributed by atoms with Crippen LogP contribution in [0.25, 0.3) is 11.3 Å². The molecule has 2 rings (SSSR count). The maximum absolute atomic E-state index is 5.34. The molecule has 0 N–H and O–H groups in total. The van der Waals surface area contributed by atoms with Crippen LogP contribution in [0.3, 0.4) is 0 Å². The molecule has 2 aromatic heterocycles. The number of furan rings is 2. The third-order valence-electron chi connectivity index (χ3n) is 1.84. The van der Waals surface area contributed by atoms with Crippen LogP contribution in [0.2, 0.25) is 0 Å². The summed E-state index contributed by atoms with van der Waals surface area (Å²) in [7, 11) is 3.93. The van der Waals surface area contributed by atoms with Crippen LogP contribution in [0, 0.1) is 6.26 Å². The summed E-state index contributed by atoms with van der Waals surface area (Å²) >= 11 is 0. The third kappa shape index (κ3) is 1.45. The fraction of sp³-hybridized carbons (Fsp3) is 0.200. The van der Waals surface area contributed by atoms with Crippen LogP contribution in [0.5, 0.6) is 0 Å². The zero-order valence-corrected chi connectivity index (χ0v) is 7.57. The Hall–Kier alpha value is -1.64. The first kappa shape index (κ1) is 7.98. The lowest BCUT2D eigenvalue weighted by Gasteiger charge is -2.06. The Morgan fingerprint density at radius 3 is 2.77 bits per heavy atom. The third-order valence-corrected chi connectivity index (χ3v) is 1.84. The van der Waals surface area contributed by atoms with E-state index in [4.69, 9.17) is 8.83 Å². The minimum Gasteiger partial charge on any atom is -0.462 e. The van der Waals surface area contributed by atoms with Crippen LogP contribution in [0.15, 0.2) is 33.5 Å². The summed E-state index contributed by atoms with van der Waals surface area (Å²) < 4.78 is 10.2. The molecule has 0 amide bonds. The van der Waals surface area contributed by atoms with E-state index in [1.807, 2.05) is 31.1 Å². The predicted molar refractivity (Wildman–Crippen MR) is 49.6 cm³/mol. The molecule has 13 heavy (non-hydrogen) atoms. The normalized spacial score (nSPS) is 10.3. The molecule has 0 atom stereocenters. The van der Waals surface area contributed by atoms with Crippen molar-refractivity contribution in [1.29, 1.82) is 0 Å². The molecule has 67 valence electrons. The van der Waals surface area contributed by atoms with Crippen molar-refractivity contribution in [2.45, 2.75) is 0 Å². The molecule has 0 aliphatic rings. The van der Waals surface area contributed by atoms with Crippen LogP contribution in [0.4, 0.5) is 5.69 Å². The highest BCUT2D eigenvalue weighted by molar-refractivity contribution is 5.61. The Morgan fingerprint density at radius 1 is 1.38 bits per heavy atom. The van der Waals surface area contributed by atoms with E-state index < -0.39 is 0 Å². The second kappa shape index (κ2) is 3.01. The summed E-state index contributed by atoms with van der Waals surface area (Å²) in [6.45, 7) is 0. The number of nitrogens with zero attached hydrogens (tertiary/aromatic N) is 1. The molecule has 3 heteroatoms. The van der Waals surface area contributed by atoms with Gasteiger partial charge in [-0.1, -0.05) is 0 Å². The average molecular weight is 176 g/mol. The van der Waals surface area contributed by atoms with E-state index in [1.54, 1.807) is 12.5 Å². The molecule has 0 bridgehead atoms. The van der Waals surface area contributed by atoms with Gasteiger partial charge < -0.3 is 13.7 Å². The maximum Gasteiger partial charge on any atom is 0.180 e. The fourth-order valence-corrected chi connectivity index (χ4v) is 1.07. The lowest BCUT2D eigenvalue weighted by molar-refractivity contribution is 0.552. The Bertz CT molecular complexity index is 373. The molecule has 0 fully saturated rings. The van der Waals surface area contributed by atoms with Gasteiger partial charge in [0.1, 0.15) is 12.0 Å². The van der Waals surface area contributed by atoms with E-state index in [2.05, 4.69) is 6.26 Å². The summed E-state index contributed by atoms with van der Waals surface area (Å²) in [6.07, 6.45) is 6.00. The standard InChI is InChI=1S/C10H10NO2/c1-11(2)9-5-10(13-7-9)8-3-4-12-6-8/h3-5,7H,1-2H3. The minimum atomic E-state index is 0.775. The smallest absolute Gasteiger partial charge is 0.180 e. The zero-order valence-electron chi connectivity index (χ0n) is 7.57. The van der Waals surface area contributed by atoms with Gasteiger partial charge in [0.2, 0.25) is 0 Å². The molecule has 1 radical (unpaired) electrons. The van der Waals surface area contributed by atoms with Crippen molar-refractivity contribution in [3.63, 3.8) is 0 Å². The van der Waals surface area contributed by atoms with Crippen LogP contribution in [-0.4, -0.2) is 14.1 Å². The maximum atomic E-state index is 5.34. The van der Waals surface area contributed by atoms with E-state index in [-0.39, 0.29) is 0 Å². The summed E-state index contributed by atoms with van der Waals surface area (Å²) in [5.74, 6) is 0.775. The fourth-order valence-electron chi connectivity index (χ4n) is 1.07. The molecule has 2 heterocycles. The van der Waals surface area contributed by atoms with Crippen LogP contribution >= 0.6 is 0 Å². The van der Waals surface area contributed by atoms with Gasteiger partial charge in [-0.05, 0) is 6.07 Å². The molecule has 0 unspecified atom stereocenters. The van der Waals surface area contributed by atoms with E-state index in [0.717, 1.165) is 17.0 Å². The molecule has 0 aliphatic heterocycles. The number of hydrogen-bond acceptors (Lipinski definition) is 3. The topological polar surface area (TPSA) is 29.5 Å². The highest BCUT2D eigenvalue weighted by Crippen LogP contribution is 2.25. The SMILES string of the molecule is CN(C)c1coc(-c2[c]occ2)c1. The summed E-state index contributed by atoms with van der Waals surface area (Å²) in [5.41, 5.74) is 1.87. The van der Waals surface area contributed by atoms with Gasteiger partial charge in [0.25, 0.3) is 0 Å². The average Bonchev–Trinajstić information content (AvgIpc) is 2.75. The monoisotopic (exact) mass is 176 g/mol. The Balaban J connectivity index is 2.33. The van der Waals surface area contributed by atoms with Gasteiger partial charge in [0.05, 0.1) is 17.5 Å². The highest BCUT2D eigenvalue weighted by Gasteiger charge is 2.06.